The molecule has 1 atom stereocenters. The van der Waals surface area contributed by atoms with Crippen molar-refractivity contribution in [3.8, 4) is 0 Å². The number of hydrogen-bond donors (Lipinski definition) is 1. The van der Waals surface area contributed by atoms with Gasteiger partial charge in [0.2, 0.25) is 0 Å². The van der Waals surface area contributed by atoms with Crippen LogP contribution in [0, 0.1) is 5.92 Å². The molecule has 0 aliphatic heterocycles. The molecule has 0 bridgehead atoms. The summed E-state index contributed by atoms with van der Waals surface area (Å²) in [7, 11) is 0. The van der Waals surface area contributed by atoms with Crippen molar-refractivity contribution in [1.82, 2.24) is 0 Å². The normalized spacial score (nSPS) is 12.4. The summed E-state index contributed by atoms with van der Waals surface area (Å²) in [5.74, 6) is -0.118. The maximum atomic E-state index is 11.4. The first-order chi connectivity index (χ1) is 7.61. The van der Waals surface area contributed by atoms with Crippen molar-refractivity contribution in [3.63, 3.8) is 0 Å². The van der Waals surface area contributed by atoms with Crippen molar-refractivity contribution < 1.29 is 14.7 Å². The fraction of sp³-hybridized carbons (Fsp3) is 0.846. The van der Waals surface area contributed by atoms with E-state index >= 15 is 0 Å². The van der Waals surface area contributed by atoms with Gasteiger partial charge in [-0.05, 0) is 19.8 Å². The van der Waals surface area contributed by atoms with Crippen LogP contribution in [-0.2, 0) is 9.59 Å². The molecule has 0 saturated heterocycles. The summed E-state index contributed by atoms with van der Waals surface area (Å²) in [6.45, 7) is 3.29. The molecule has 0 spiro atoms. The summed E-state index contributed by atoms with van der Waals surface area (Å²) in [6.07, 6.45) is 6.37. The third kappa shape index (κ3) is 7.57. The van der Waals surface area contributed by atoms with Gasteiger partial charge in [0, 0.05) is 12.3 Å². The van der Waals surface area contributed by atoms with Gasteiger partial charge >= 0.3 is 0 Å². The zero-order chi connectivity index (χ0) is 12.4. The topological polar surface area (TPSA) is 54.4 Å². The minimum atomic E-state index is -0.393. The molecule has 1 unspecified atom stereocenters. The van der Waals surface area contributed by atoms with Gasteiger partial charge in [-0.25, -0.2) is 0 Å². The van der Waals surface area contributed by atoms with E-state index in [0.29, 0.717) is 12.8 Å². The SMILES string of the molecule is CCCCCCC(CCC(C)=O)C(=O)CO. The van der Waals surface area contributed by atoms with Crippen LogP contribution in [-0.4, -0.2) is 23.3 Å². The van der Waals surface area contributed by atoms with Crippen LogP contribution in [0.4, 0.5) is 0 Å². The van der Waals surface area contributed by atoms with Crippen LogP contribution in [0.15, 0.2) is 0 Å². The summed E-state index contributed by atoms with van der Waals surface area (Å²) in [5, 5.41) is 8.84. The Morgan fingerprint density at radius 3 is 2.31 bits per heavy atom. The molecule has 1 N–H and O–H groups in total. The third-order valence-corrected chi connectivity index (χ3v) is 2.86. The van der Waals surface area contributed by atoms with Gasteiger partial charge in [-0.3, -0.25) is 4.79 Å². The van der Waals surface area contributed by atoms with Gasteiger partial charge in [0.1, 0.15) is 12.4 Å². The molecular formula is C13H24O3. The summed E-state index contributed by atoms with van der Waals surface area (Å²) in [5.41, 5.74) is 0. The first-order valence-corrected chi connectivity index (χ1v) is 6.24. The Balaban J connectivity index is 3.90. The van der Waals surface area contributed by atoms with Gasteiger partial charge in [0.15, 0.2) is 5.78 Å². The molecule has 0 heterocycles. The van der Waals surface area contributed by atoms with Gasteiger partial charge in [-0.2, -0.15) is 0 Å². The number of unbranched alkanes of at least 4 members (excludes halogenated alkanes) is 3. The van der Waals surface area contributed by atoms with Crippen LogP contribution in [0.25, 0.3) is 0 Å². The van der Waals surface area contributed by atoms with Crippen molar-refractivity contribution >= 4 is 11.6 Å². The van der Waals surface area contributed by atoms with Crippen molar-refractivity contribution in [3.05, 3.63) is 0 Å². The first-order valence-electron chi connectivity index (χ1n) is 6.24. The number of carbonyl (C=O) groups is 2. The highest BCUT2D eigenvalue weighted by atomic mass is 16.3. The highest BCUT2D eigenvalue weighted by Crippen LogP contribution is 2.17. The van der Waals surface area contributed by atoms with E-state index < -0.39 is 6.61 Å². The van der Waals surface area contributed by atoms with E-state index in [1.54, 1.807) is 0 Å². The van der Waals surface area contributed by atoms with Gasteiger partial charge < -0.3 is 9.90 Å². The largest absolute Gasteiger partial charge is 0.389 e. The lowest BCUT2D eigenvalue weighted by molar-refractivity contribution is -0.126. The van der Waals surface area contributed by atoms with E-state index in [9.17, 15) is 9.59 Å². The summed E-state index contributed by atoms with van der Waals surface area (Å²) in [4.78, 5) is 22.3. The van der Waals surface area contributed by atoms with Crippen molar-refractivity contribution in [2.24, 2.45) is 5.92 Å². The Hall–Kier alpha value is -0.700. The van der Waals surface area contributed by atoms with E-state index in [1.165, 1.54) is 19.8 Å². The second-order valence-electron chi connectivity index (χ2n) is 4.41. The number of rotatable bonds is 10. The molecule has 0 amide bonds. The lowest BCUT2D eigenvalue weighted by Gasteiger charge is -2.13. The molecule has 16 heavy (non-hydrogen) atoms. The number of hydrogen-bond acceptors (Lipinski definition) is 3. The van der Waals surface area contributed by atoms with Gasteiger partial charge in [-0.1, -0.05) is 32.6 Å². The van der Waals surface area contributed by atoms with Crippen LogP contribution in [0.5, 0.6) is 0 Å². The number of carbonyl (C=O) groups excluding carboxylic acids is 2. The Morgan fingerprint density at radius 1 is 1.12 bits per heavy atom. The van der Waals surface area contributed by atoms with E-state index in [4.69, 9.17) is 5.11 Å². The van der Waals surface area contributed by atoms with Crippen molar-refractivity contribution in [2.75, 3.05) is 6.61 Å². The fourth-order valence-electron chi connectivity index (χ4n) is 1.79. The van der Waals surface area contributed by atoms with E-state index in [2.05, 4.69) is 6.92 Å². The van der Waals surface area contributed by atoms with Crippen LogP contribution in [0.2, 0.25) is 0 Å². The quantitative estimate of drug-likeness (QED) is 0.584. The van der Waals surface area contributed by atoms with E-state index in [1.807, 2.05) is 0 Å². The lowest BCUT2D eigenvalue weighted by Crippen LogP contribution is -2.19. The molecule has 0 rings (SSSR count). The third-order valence-electron chi connectivity index (χ3n) is 2.86. The Morgan fingerprint density at radius 2 is 1.81 bits per heavy atom. The zero-order valence-corrected chi connectivity index (χ0v) is 10.5. The Bertz CT molecular complexity index is 211. The number of aliphatic hydroxyl groups is 1. The highest BCUT2D eigenvalue weighted by molar-refractivity contribution is 5.83. The average molecular weight is 228 g/mol. The molecule has 3 nitrogen and oxygen atoms in total. The average Bonchev–Trinajstić information content (AvgIpc) is 2.27. The predicted molar refractivity (Wildman–Crippen MR) is 64.3 cm³/mol. The maximum Gasteiger partial charge on any atom is 0.161 e. The van der Waals surface area contributed by atoms with Crippen LogP contribution in [0.1, 0.15) is 58.8 Å². The molecule has 0 aromatic heterocycles. The van der Waals surface area contributed by atoms with E-state index in [0.717, 1.165) is 19.3 Å². The molecule has 0 radical (unpaired) electrons. The monoisotopic (exact) mass is 228 g/mol. The minimum absolute atomic E-state index is 0.113. The molecular weight excluding hydrogens is 204 g/mol. The van der Waals surface area contributed by atoms with Crippen LogP contribution >= 0.6 is 0 Å². The smallest absolute Gasteiger partial charge is 0.161 e. The maximum absolute atomic E-state index is 11.4. The molecule has 0 saturated carbocycles. The fourth-order valence-corrected chi connectivity index (χ4v) is 1.79. The molecule has 0 aliphatic rings. The van der Waals surface area contributed by atoms with Crippen LogP contribution < -0.4 is 0 Å². The summed E-state index contributed by atoms with van der Waals surface area (Å²) in [6, 6.07) is 0. The number of Topliss-reactive ketones (excluding diaryl/α,β-unsaturated/α-hetero) is 2. The van der Waals surface area contributed by atoms with Crippen molar-refractivity contribution in [1.29, 1.82) is 0 Å². The molecule has 0 fully saturated rings. The summed E-state index contributed by atoms with van der Waals surface area (Å²) >= 11 is 0. The minimum Gasteiger partial charge on any atom is -0.389 e. The molecule has 0 aromatic rings. The lowest BCUT2D eigenvalue weighted by atomic mass is 9.91. The van der Waals surface area contributed by atoms with Gasteiger partial charge in [0.05, 0.1) is 0 Å². The van der Waals surface area contributed by atoms with E-state index in [-0.39, 0.29) is 17.5 Å². The van der Waals surface area contributed by atoms with Crippen molar-refractivity contribution in [2.45, 2.75) is 58.8 Å². The Kier molecular flexibility index (Phi) is 9.10. The molecule has 0 aliphatic carbocycles. The standard InChI is InChI=1S/C13H24O3/c1-3-4-5-6-7-12(13(16)10-14)9-8-11(2)15/h12,14H,3-10H2,1-2H3. The zero-order valence-electron chi connectivity index (χ0n) is 10.5. The van der Waals surface area contributed by atoms with Crippen LogP contribution in [0.3, 0.4) is 0 Å². The Labute approximate surface area is 98.2 Å². The molecule has 3 heteroatoms. The molecule has 94 valence electrons. The second kappa shape index (κ2) is 9.52. The highest BCUT2D eigenvalue weighted by Gasteiger charge is 2.17. The molecule has 0 aromatic carbocycles. The van der Waals surface area contributed by atoms with Gasteiger partial charge in [-0.15, -0.1) is 0 Å². The predicted octanol–water partition coefficient (Wildman–Crippen LogP) is 2.50. The second-order valence-corrected chi connectivity index (χ2v) is 4.41. The first kappa shape index (κ1) is 15.3. The van der Waals surface area contributed by atoms with Gasteiger partial charge in [0.25, 0.3) is 0 Å². The number of aliphatic hydroxyl groups excluding tert-OH is 1. The summed E-state index contributed by atoms with van der Waals surface area (Å²) < 4.78 is 0. The number of ketones is 2.